The Balaban J connectivity index is 1.36. The lowest BCUT2D eigenvalue weighted by Crippen LogP contribution is -2.32. The summed E-state index contributed by atoms with van der Waals surface area (Å²) in [6, 6.07) is 15.0. The smallest absolute Gasteiger partial charge is 0.243 e. The van der Waals surface area contributed by atoms with Crippen molar-refractivity contribution < 1.29 is 29.4 Å². The van der Waals surface area contributed by atoms with E-state index in [1.165, 1.54) is 0 Å². The molecule has 0 spiro atoms. The summed E-state index contributed by atoms with van der Waals surface area (Å²) in [5, 5.41) is 21.4. The zero-order chi connectivity index (χ0) is 29.2. The molecule has 4 rings (SSSR count). The summed E-state index contributed by atoms with van der Waals surface area (Å²) >= 11 is 12.3. The van der Waals surface area contributed by atoms with Gasteiger partial charge in [-0.05, 0) is 36.1 Å². The average molecular weight is 606 g/mol. The lowest BCUT2D eigenvalue weighted by molar-refractivity contribution is -0.252. The molecule has 2 amide bonds. The van der Waals surface area contributed by atoms with Gasteiger partial charge in [-0.25, -0.2) is 10.5 Å². The van der Waals surface area contributed by atoms with E-state index in [0.717, 1.165) is 29.5 Å². The normalized spacial score (nSPS) is 18.7. The first-order valence-electron chi connectivity index (χ1n) is 13.6. The summed E-state index contributed by atoms with van der Waals surface area (Å²) in [7, 11) is 0. The van der Waals surface area contributed by atoms with Crippen LogP contribution in [0.4, 0.5) is 5.69 Å². The van der Waals surface area contributed by atoms with Crippen LogP contribution in [0.2, 0.25) is 10.3 Å². The molecule has 3 atom stereocenters. The van der Waals surface area contributed by atoms with E-state index in [4.69, 9.17) is 37.9 Å². The predicted molar refractivity (Wildman–Crippen MR) is 153 cm³/mol. The quantitative estimate of drug-likeness (QED) is 0.111. The highest BCUT2D eigenvalue weighted by molar-refractivity contribution is 6.40. The molecule has 0 saturated carbocycles. The van der Waals surface area contributed by atoms with Crippen molar-refractivity contribution in [2.75, 3.05) is 5.32 Å². The van der Waals surface area contributed by atoms with Crippen LogP contribution < -0.4 is 10.8 Å². The van der Waals surface area contributed by atoms with Gasteiger partial charge in [0.05, 0.1) is 31.7 Å². The fourth-order valence-corrected chi connectivity index (χ4v) is 4.96. The summed E-state index contributed by atoms with van der Waals surface area (Å²) in [5.41, 5.74) is 4.87. The number of carbonyl (C=O) groups excluding carboxylic acids is 2. The molecule has 1 fully saturated rings. The first-order chi connectivity index (χ1) is 19.9. The maximum absolute atomic E-state index is 12.4. The number of aliphatic hydroxyl groups excluding tert-OH is 1. The number of benzene rings is 2. The van der Waals surface area contributed by atoms with Gasteiger partial charge in [-0.1, -0.05) is 72.4 Å². The van der Waals surface area contributed by atoms with Crippen molar-refractivity contribution in [1.29, 1.82) is 0 Å². The number of hydroxylamine groups is 1. The van der Waals surface area contributed by atoms with E-state index in [0.29, 0.717) is 43.1 Å². The van der Waals surface area contributed by atoms with Gasteiger partial charge in [0.1, 0.15) is 5.15 Å². The number of imidazole rings is 1. The van der Waals surface area contributed by atoms with Gasteiger partial charge in [0.2, 0.25) is 11.8 Å². The van der Waals surface area contributed by atoms with E-state index in [-0.39, 0.29) is 36.3 Å². The molecule has 220 valence electrons. The molecule has 1 saturated heterocycles. The molecule has 2 heterocycles. The molecular formula is C29H34Cl2N4O6. The van der Waals surface area contributed by atoms with Gasteiger partial charge in [-0.2, -0.15) is 0 Å². The Bertz CT molecular complexity index is 1290. The standard InChI is InChI=1S/C29H34Cl2N4O6/c30-27-28(31)35(18-32-27)16-23-15-24(20-9-7-19(17-36)8-10-20)41-29(40-23)21-11-13-22(14-12-21)33-25(37)5-3-1-2-4-6-26(38)34-39/h7-14,18,23-24,29,36,39H,1-6,15-17H2,(H,33,37)(H,34,38)/t23-,24+,29+/m1/s1. The van der Waals surface area contributed by atoms with E-state index in [2.05, 4.69) is 10.3 Å². The van der Waals surface area contributed by atoms with Gasteiger partial charge >= 0.3 is 0 Å². The van der Waals surface area contributed by atoms with Gasteiger partial charge in [-0.3, -0.25) is 14.8 Å². The number of amides is 2. The number of aliphatic hydroxyl groups is 1. The van der Waals surface area contributed by atoms with Crippen LogP contribution in [0.1, 0.15) is 74.0 Å². The van der Waals surface area contributed by atoms with Crippen LogP contribution in [0.15, 0.2) is 54.9 Å². The number of nitrogens with zero attached hydrogens (tertiary/aromatic N) is 2. The number of carbonyl (C=O) groups is 2. The van der Waals surface area contributed by atoms with Crippen LogP contribution in [0.25, 0.3) is 0 Å². The van der Waals surface area contributed by atoms with Crippen molar-refractivity contribution in [3.63, 3.8) is 0 Å². The number of unbranched alkanes of at least 4 members (excludes halogenated alkanes) is 3. The molecule has 0 unspecified atom stereocenters. The van der Waals surface area contributed by atoms with Crippen LogP contribution >= 0.6 is 23.2 Å². The second-order valence-corrected chi connectivity index (χ2v) is 10.7. The lowest BCUT2D eigenvalue weighted by atomic mass is 10.00. The second kappa shape index (κ2) is 15.3. The van der Waals surface area contributed by atoms with Crippen molar-refractivity contribution in [2.45, 2.75) is 76.6 Å². The molecule has 0 bridgehead atoms. The third-order valence-electron chi connectivity index (χ3n) is 6.90. The van der Waals surface area contributed by atoms with E-state index in [1.54, 1.807) is 16.4 Å². The highest BCUT2D eigenvalue weighted by Crippen LogP contribution is 2.39. The monoisotopic (exact) mass is 604 g/mol. The van der Waals surface area contributed by atoms with Crippen molar-refractivity contribution in [1.82, 2.24) is 15.0 Å². The minimum Gasteiger partial charge on any atom is -0.392 e. The minimum atomic E-state index is -0.660. The largest absolute Gasteiger partial charge is 0.392 e. The summed E-state index contributed by atoms with van der Waals surface area (Å²) in [6.45, 7) is 0.404. The number of nitrogens with one attached hydrogen (secondary N) is 2. The number of hydrogen-bond donors (Lipinski definition) is 4. The van der Waals surface area contributed by atoms with E-state index in [1.807, 2.05) is 48.5 Å². The minimum absolute atomic E-state index is 0.0333. The molecule has 10 nitrogen and oxygen atoms in total. The summed E-state index contributed by atoms with van der Waals surface area (Å²) in [5.74, 6) is -0.483. The Morgan fingerprint density at radius 2 is 1.59 bits per heavy atom. The molecule has 1 aliphatic rings. The molecule has 41 heavy (non-hydrogen) atoms. The number of anilines is 1. The maximum atomic E-state index is 12.4. The van der Waals surface area contributed by atoms with Crippen LogP contribution in [0.5, 0.6) is 0 Å². The second-order valence-electron chi connectivity index (χ2n) is 9.95. The van der Waals surface area contributed by atoms with Crippen molar-refractivity contribution in [3.05, 3.63) is 81.9 Å². The van der Waals surface area contributed by atoms with Gasteiger partial charge in [0, 0.05) is 30.5 Å². The van der Waals surface area contributed by atoms with E-state index < -0.39 is 12.2 Å². The Labute approximate surface area is 248 Å². The molecule has 1 aliphatic heterocycles. The van der Waals surface area contributed by atoms with Gasteiger partial charge in [0.25, 0.3) is 0 Å². The summed E-state index contributed by atoms with van der Waals surface area (Å²) in [4.78, 5) is 27.5. The fraction of sp³-hybridized carbons (Fsp3) is 0.414. The zero-order valence-electron chi connectivity index (χ0n) is 22.5. The Morgan fingerprint density at radius 3 is 2.20 bits per heavy atom. The third kappa shape index (κ3) is 9.00. The topological polar surface area (TPSA) is 135 Å². The predicted octanol–water partition coefficient (Wildman–Crippen LogP) is 5.71. The Kier molecular flexibility index (Phi) is 11.6. The number of ether oxygens (including phenoxy) is 2. The average Bonchev–Trinajstić information content (AvgIpc) is 3.31. The molecule has 0 aliphatic carbocycles. The van der Waals surface area contributed by atoms with Crippen LogP contribution in [0, 0.1) is 0 Å². The molecule has 4 N–H and O–H groups in total. The Morgan fingerprint density at radius 1 is 0.927 bits per heavy atom. The number of hydrogen-bond acceptors (Lipinski definition) is 7. The first kappa shape index (κ1) is 31.0. The van der Waals surface area contributed by atoms with Gasteiger partial charge in [0.15, 0.2) is 11.4 Å². The summed E-state index contributed by atoms with van der Waals surface area (Å²) in [6.07, 6.45) is 4.63. The highest BCUT2D eigenvalue weighted by Gasteiger charge is 2.33. The van der Waals surface area contributed by atoms with Crippen molar-refractivity contribution >= 4 is 40.7 Å². The highest BCUT2D eigenvalue weighted by atomic mass is 35.5. The zero-order valence-corrected chi connectivity index (χ0v) is 24.0. The van der Waals surface area contributed by atoms with Crippen LogP contribution in [-0.4, -0.2) is 37.8 Å². The van der Waals surface area contributed by atoms with Crippen molar-refractivity contribution in [3.8, 4) is 0 Å². The number of aromatic nitrogens is 2. The first-order valence-corrected chi connectivity index (χ1v) is 14.3. The number of rotatable bonds is 13. The van der Waals surface area contributed by atoms with Gasteiger partial charge < -0.3 is 24.5 Å². The Hall–Kier alpha value is -2.99. The van der Waals surface area contributed by atoms with Crippen LogP contribution in [0.3, 0.4) is 0 Å². The SMILES string of the molecule is O=C(CCCCCCC(=O)Nc1ccc([C@H]2O[C@@H](Cn3cnc(Cl)c3Cl)C[C@@H](c3ccc(CO)cc3)O2)cc1)NO. The molecular weight excluding hydrogens is 571 g/mol. The molecule has 2 aromatic carbocycles. The van der Waals surface area contributed by atoms with Crippen LogP contribution in [-0.2, 0) is 32.2 Å². The fourth-order valence-electron chi connectivity index (χ4n) is 4.65. The summed E-state index contributed by atoms with van der Waals surface area (Å²) < 4.78 is 14.4. The maximum Gasteiger partial charge on any atom is 0.243 e. The molecule has 12 heteroatoms. The lowest BCUT2D eigenvalue weighted by Gasteiger charge is -2.36. The van der Waals surface area contributed by atoms with Crippen molar-refractivity contribution in [2.24, 2.45) is 0 Å². The third-order valence-corrected chi connectivity index (χ3v) is 7.67. The van der Waals surface area contributed by atoms with E-state index in [9.17, 15) is 14.7 Å². The molecule has 1 aromatic heterocycles. The molecule has 0 radical (unpaired) electrons. The van der Waals surface area contributed by atoms with E-state index >= 15 is 0 Å². The van der Waals surface area contributed by atoms with Gasteiger partial charge in [-0.15, -0.1) is 0 Å². The number of halogens is 2. The molecule has 3 aromatic rings.